The van der Waals surface area contributed by atoms with E-state index in [0.717, 1.165) is 6.07 Å². The Morgan fingerprint density at radius 1 is 0.968 bits per heavy atom. The van der Waals surface area contributed by atoms with Crippen molar-refractivity contribution in [2.75, 3.05) is 4.72 Å². The van der Waals surface area contributed by atoms with Crippen molar-refractivity contribution in [1.29, 1.82) is 0 Å². The highest BCUT2D eigenvalue weighted by Crippen LogP contribution is 2.31. The zero-order chi connectivity index (χ0) is 22.0. The number of hydrogen-bond donors (Lipinski definition) is 1. The maximum Gasteiger partial charge on any atom is 0.344 e. The molecule has 0 saturated carbocycles. The Labute approximate surface area is 178 Å². The molecule has 0 aliphatic rings. The first kappa shape index (κ1) is 20.6. The van der Waals surface area contributed by atoms with Gasteiger partial charge in [0.05, 0.1) is 10.3 Å². The van der Waals surface area contributed by atoms with Gasteiger partial charge < -0.3 is 4.42 Å². The highest BCUT2D eigenvalue weighted by Gasteiger charge is 2.17. The first-order chi connectivity index (χ1) is 14.9. The summed E-state index contributed by atoms with van der Waals surface area (Å²) in [5.41, 5.74) is 0.807. The number of hydrogen-bond acceptors (Lipinski definition) is 4. The van der Waals surface area contributed by atoms with Crippen LogP contribution < -0.4 is 10.3 Å². The molecular formula is C24H18FNO4S. The minimum atomic E-state index is -3.78. The number of benzene rings is 3. The van der Waals surface area contributed by atoms with Gasteiger partial charge in [0.1, 0.15) is 11.6 Å². The van der Waals surface area contributed by atoms with E-state index in [4.69, 9.17) is 4.42 Å². The molecule has 0 saturated heterocycles. The molecule has 4 rings (SSSR count). The third-order valence-electron chi connectivity index (χ3n) is 4.77. The number of allylic oxidation sites excluding steroid dienone is 1. The van der Waals surface area contributed by atoms with E-state index in [1.807, 2.05) is 0 Å². The second-order valence-electron chi connectivity index (χ2n) is 6.88. The second-order valence-corrected chi connectivity index (χ2v) is 8.56. The van der Waals surface area contributed by atoms with Gasteiger partial charge in [-0.05, 0) is 48.2 Å². The molecule has 0 aliphatic heterocycles. The maximum atomic E-state index is 13.6. The summed E-state index contributed by atoms with van der Waals surface area (Å²) in [7, 11) is -3.78. The van der Waals surface area contributed by atoms with Crippen LogP contribution in [0.1, 0.15) is 5.56 Å². The average Bonchev–Trinajstić information content (AvgIpc) is 2.76. The van der Waals surface area contributed by atoms with Gasteiger partial charge in [-0.25, -0.2) is 17.6 Å². The molecule has 4 aromatic rings. The van der Waals surface area contributed by atoms with Crippen LogP contribution in [0.4, 0.5) is 10.1 Å². The van der Waals surface area contributed by atoms with Crippen LogP contribution in [0.2, 0.25) is 0 Å². The highest BCUT2D eigenvalue weighted by molar-refractivity contribution is 7.92. The molecule has 0 atom stereocenters. The normalized spacial score (nSPS) is 11.4. The lowest BCUT2D eigenvalue weighted by molar-refractivity contribution is 0.529. The van der Waals surface area contributed by atoms with Gasteiger partial charge in [0.15, 0.2) is 0 Å². The summed E-state index contributed by atoms with van der Waals surface area (Å²) in [6.45, 7) is 3.75. The van der Waals surface area contributed by atoms with Gasteiger partial charge in [0.2, 0.25) is 0 Å². The van der Waals surface area contributed by atoms with Crippen molar-refractivity contribution in [3.05, 3.63) is 107 Å². The van der Waals surface area contributed by atoms with Crippen molar-refractivity contribution in [2.45, 2.75) is 11.3 Å². The molecule has 156 valence electrons. The van der Waals surface area contributed by atoms with Crippen molar-refractivity contribution < 1.29 is 17.2 Å². The highest BCUT2D eigenvalue weighted by atomic mass is 32.2. The van der Waals surface area contributed by atoms with E-state index in [1.54, 1.807) is 48.5 Å². The summed E-state index contributed by atoms with van der Waals surface area (Å²) >= 11 is 0. The molecule has 0 radical (unpaired) electrons. The Kier molecular flexibility index (Phi) is 5.44. The lowest BCUT2D eigenvalue weighted by Crippen LogP contribution is -2.12. The third-order valence-corrected chi connectivity index (χ3v) is 6.17. The van der Waals surface area contributed by atoms with Gasteiger partial charge in [-0.3, -0.25) is 4.72 Å². The second kappa shape index (κ2) is 8.20. The largest absolute Gasteiger partial charge is 0.422 e. The van der Waals surface area contributed by atoms with E-state index >= 15 is 0 Å². The minimum Gasteiger partial charge on any atom is -0.422 e. The SMILES string of the molecule is C=CCc1c(-c2cccc(NS(=O)(=O)c3ccccc3)c2)oc(=O)c2cc(F)ccc12. The van der Waals surface area contributed by atoms with Crippen LogP contribution in [0.15, 0.2) is 99.6 Å². The molecule has 1 aromatic heterocycles. The summed E-state index contributed by atoms with van der Waals surface area (Å²) in [5, 5.41) is 0.698. The molecule has 0 bridgehead atoms. The zero-order valence-corrected chi connectivity index (χ0v) is 17.2. The number of anilines is 1. The van der Waals surface area contributed by atoms with Crippen LogP contribution in [-0.2, 0) is 16.4 Å². The lowest BCUT2D eigenvalue weighted by Gasteiger charge is -2.12. The average molecular weight is 435 g/mol. The fourth-order valence-corrected chi connectivity index (χ4v) is 4.47. The summed E-state index contributed by atoms with van der Waals surface area (Å²) in [4.78, 5) is 12.6. The Morgan fingerprint density at radius 2 is 1.74 bits per heavy atom. The molecule has 7 heteroatoms. The molecule has 0 aliphatic carbocycles. The number of fused-ring (bicyclic) bond motifs is 1. The smallest absolute Gasteiger partial charge is 0.344 e. The van der Waals surface area contributed by atoms with Crippen LogP contribution in [0.5, 0.6) is 0 Å². The molecule has 31 heavy (non-hydrogen) atoms. The Hall–Kier alpha value is -3.71. The van der Waals surface area contributed by atoms with E-state index in [9.17, 15) is 17.6 Å². The molecule has 3 aromatic carbocycles. The van der Waals surface area contributed by atoms with Crippen LogP contribution in [0.25, 0.3) is 22.1 Å². The maximum absolute atomic E-state index is 13.6. The summed E-state index contributed by atoms with van der Waals surface area (Å²) < 4.78 is 47.0. The van der Waals surface area contributed by atoms with Gasteiger partial charge in [-0.2, -0.15) is 0 Å². The van der Waals surface area contributed by atoms with E-state index in [1.165, 1.54) is 24.3 Å². The standard InChI is InChI=1S/C24H18FNO4S/c1-2-7-21-20-13-12-17(25)15-22(20)24(27)30-23(21)16-8-6-9-18(14-16)26-31(28,29)19-10-4-3-5-11-19/h2-6,8-15,26H,1,7H2. The number of rotatable bonds is 6. The Morgan fingerprint density at radius 3 is 2.48 bits per heavy atom. The number of sulfonamides is 1. The zero-order valence-electron chi connectivity index (χ0n) is 16.3. The predicted octanol–water partition coefficient (Wildman–Crippen LogP) is 5.13. The third kappa shape index (κ3) is 4.13. The molecule has 0 amide bonds. The number of nitrogens with one attached hydrogen (secondary N) is 1. The molecule has 0 spiro atoms. The molecule has 0 fully saturated rings. The van der Waals surface area contributed by atoms with E-state index in [0.29, 0.717) is 28.6 Å². The van der Waals surface area contributed by atoms with Crippen molar-refractivity contribution in [3.8, 4) is 11.3 Å². The van der Waals surface area contributed by atoms with Gasteiger partial charge >= 0.3 is 5.63 Å². The number of halogens is 1. The summed E-state index contributed by atoms with van der Waals surface area (Å²) in [5.74, 6) is -0.251. The van der Waals surface area contributed by atoms with Gasteiger partial charge in [-0.15, -0.1) is 6.58 Å². The molecule has 1 N–H and O–H groups in total. The van der Waals surface area contributed by atoms with Crippen LogP contribution in [0.3, 0.4) is 0 Å². The quantitative estimate of drug-likeness (QED) is 0.426. The predicted molar refractivity (Wildman–Crippen MR) is 119 cm³/mol. The summed E-state index contributed by atoms with van der Waals surface area (Å²) in [6, 6.07) is 18.5. The Balaban J connectivity index is 1.82. The van der Waals surface area contributed by atoms with Crippen LogP contribution in [0, 0.1) is 5.82 Å². The molecule has 1 heterocycles. The van der Waals surface area contributed by atoms with Gasteiger partial charge in [0.25, 0.3) is 10.0 Å². The van der Waals surface area contributed by atoms with E-state index in [-0.39, 0.29) is 16.0 Å². The minimum absolute atomic E-state index is 0.131. The van der Waals surface area contributed by atoms with Gasteiger partial charge in [-0.1, -0.05) is 42.5 Å². The fourth-order valence-electron chi connectivity index (χ4n) is 3.40. The fraction of sp³-hybridized carbons (Fsp3) is 0.0417. The monoisotopic (exact) mass is 435 g/mol. The van der Waals surface area contributed by atoms with Gasteiger partial charge in [0, 0.05) is 16.8 Å². The van der Waals surface area contributed by atoms with Crippen LogP contribution in [-0.4, -0.2) is 8.42 Å². The molecule has 5 nitrogen and oxygen atoms in total. The molecular weight excluding hydrogens is 417 g/mol. The van der Waals surface area contributed by atoms with E-state index < -0.39 is 21.5 Å². The molecule has 0 unspecified atom stereocenters. The van der Waals surface area contributed by atoms with E-state index in [2.05, 4.69) is 11.3 Å². The summed E-state index contributed by atoms with van der Waals surface area (Å²) in [6.07, 6.45) is 2.03. The van der Waals surface area contributed by atoms with Crippen molar-refractivity contribution >= 4 is 26.5 Å². The van der Waals surface area contributed by atoms with Crippen molar-refractivity contribution in [2.24, 2.45) is 0 Å². The first-order valence-electron chi connectivity index (χ1n) is 9.43. The van der Waals surface area contributed by atoms with Crippen molar-refractivity contribution in [3.63, 3.8) is 0 Å². The van der Waals surface area contributed by atoms with Crippen molar-refractivity contribution in [1.82, 2.24) is 0 Å². The van der Waals surface area contributed by atoms with Crippen LogP contribution >= 0.6 is 0 Å². The lowest BCUT2D eigenvalue weighted by atomic mass is 9.98. The topological polar surface area (TPSA) is 76.4 Å². The first-order valence-corrected chi connectivity index (χ1v) is 10.9. The Bertz CT molecular complexity index is 1440.